The molecule has 2 N–H and O–H groups in total. The molecule has 1 aliphatic carbocycles. The van der Waals surface area contributed by atoms with E-state index in [0.29, 0.717) is 23.2 Å². The Morgan fingerprint density at radius 2 is 0.944 bits per heavy atom. The first kappa shape index (κ1) is 32.9. The molecule has 0 atom stereocenters. The average molecular weight is 696 g/mol. The van der Waals surface area contributed by atoms with Gasteiger partial charge >= 0.3 is 0 Å². The van der Waals surface area contributed by atoms with Crippen LogP contribution in [0.15, 0.2) is 176 Å². The van der Waals surface area contributed by atoms with Crippen LogP contribution in [0.5, 0.6) is 0 Å². The first-order valence-corrected chi connectivity index (χ1v) is 18.2. The van der Waals surface area contributed by atoms with Crippen LogP contribution in [0.1, 0.15) is 36.1 Å². The lowest BCUT2D eigenvalue weighted by molar-refractivity contribution is 0.661. The van der Waals surface area contributed by atoms with Gasteiger partial charge in [-0.25, -0.2) is 15.0 Å². The minimum atomic E-state index is -0.263. The zero-order valence-electron chi connectivity index (χ0n) is 30.1. The van der Waals surface area contributed by atoms with Gasteiger partial charge in [-0.05, 0) is 69.8 Å². The minimum absolute atomic E-state index is 0.263. The van der Waals surface area contributed by atoms with Crippen LogP contribution < -0.4 is 5.32 Å². The number of nitrogens with zero attached hydrogens (tertiary/aromatic N) is 3. The first-order valence-electron chi connectivity index (χ1n) is 18.2. The summed E-state index contributed by atoms with van der Waals surface area (Å²) in [5, 5.41) is 12.8. The summed E-state index contributed by atoms with van der Waals surface area (Å²) in [6.45, 7) is 4.60. The summed E-state index contributed by atoms with van der Waals surface area (Å²) < 4.78 is 0. The van der Waals surface area contributed by atoms with E-state index in [1.807, 2.05) is 127 Å². The summed E-state index contributed by atoms with van der Waals surface area (Å²) in [5.74, 6) is 1.95. The maximum absolute atomic E-state index is 9.27. The van der Waals surface area contributed by atoms with Gasteiger partial charge < -0.3 is 5.32 Å². The number of para-hydroxylation sites is 2. The average Bonchev–Trinajstić information content (AvgIpc) is 3.46. The Hall–Kier alpha value is -6.98. The lowest BCUT2D eigenvalue weighted by atomic mass is 9.81. The maximum atomic E-state index is 9.27. The molecule has 7 aromatic carbocycles. The molecule has 1 aromatic heterocycles. The number of hydrogen-bond acceptors (Lipinski definition) is 5. The highest BCUT2D eigenvalue weighted by molar-refractivity contribution is 6.14. The van der Waals surface area contributed by atoms with Gasteiger partial charge in [0.05, 0.1) is 5.71 Å². The third-order valence-electron chi connectivity index (χ3n) is 10.4. The second-order valence-electron chi connectivity index (χ2n) is 14.2. The minimum Gasteiger partial charge on any atom is -0.355 e. The molecule has 9 rings (SSSR count). The van der Waals surface area contributed by atoms with Crippen LogP contribution in [0.3, 0.4) is 0 Å². The van der Waals surface area contributed by atoms with Crippen LogP contribution in [0, 0.1) is 5.41 Å². The molecule has 0 unspecified atom stereocenters. The Kier molecular flexibility index (Phi) is 8.24. The number of benzene rings is 7. The fourth-order valence-corrected chi connectivity index (χ4v) is 7.49. The molecule has 258 valence electrons. The van der Waals surface area contributed by atoms with E-state index in [-0.39, 0.29) is 5.41 Å². The van der Waals surface area contributed by atoms with Gasteiger partial charge in [0.1, 0.15) is 0 Å². The fourth-order valence-electron chi connectivity index (χ4n) is 7.49. The second kappa shape index (κ2) is 13.5. The van der Waals surface area contributed by atoms with Gasteiger partial charge in [0.15, 0.2) is 17.5 Å². The molecule has 0 saturated heterocycles. The van der Waals surface area contributed by atoms with E-state index in [9.17, 15) is 5.41 Å². The normalized spacial score (nSPS) is 12.5. The maximum Gasteiger partial charge on any atom is 0.164 e. The van der Waals surface area contributed by atoms with Gasteiger partial charge in [0.25, 0.3) is 0 Å². The zero-order chi connectivity index (χ0) is 36.6. The molecular weight excluding hydrogens is 659 g/mol. The predicted molar refractivity (Wildman–Crippen MR) is 221 cm³/mol. The molecule has 8 aromatic rings. The van der Waals surface area contributed by atoms with Crippen LogP contribution in [-0.4, -0.2) is 20.7 Å². The van der Waals surface area contributed by atoms with Crippen molar-refractivity contribution in [3.8, 4) is 56.4 Å². The second-order valence-corrected chi connectivity index (χ2v) is 14.2. The highest BCUT2D eigenvalue weighted by Crippen LogP contribution is 2.50. The van der Waals surface area contributed by atoms with Crippen molar-refractivity contribution >= 4 is 17.1 Å². The summed E-state index contributed by atoms with van der Waals surface area (Å²) in [6, 6.07) is 60.0. The Labute approximate surface area is 315 Å². The van der Waals surface area contributed by atoms with E-state index < -0.39 is 0 Å². The Bertz CT molecular complexity index is 2610. The number of rotatable bonds is 8. The molecule has 1 heterocycles. The van der Waals surface area contributed by atoms with Crippen molar-refractivity contribution in [1.29, 1.82) is 5.41 Å². The van der Waals surface area contributed by atoms with Gasteiger partial charge in [-0.1, -0.05) is 153 Å². The van der Waals surface area contributed by atoms with Crippen LogP contribution >= 0.6 is 0 Å². The van der Waals surface area contributed by atoms with E-state index in [1.165, 1.54) is 22.3 Å². The Balaban J connectivity index is 1.05. The Morgan fingerprint density at radius 3 is 1.57 bits per heavy atom. The first-order chi connectivity index (χ1) is 26.4. The van der Waals surface area contributed by atoms with Crippen LogP contribution in [-0.2, 0) is 5.41 Å². The summed E-state index contributed by atoms with van der Waals surface area (Å²) >= 11 is 0. The third-order valence-corrected chi connectivity index (χ3v) is 10.4. The molecule has 0 aliphatic heterocycles. The molecular formula is C49H37N5. The van der Waals surface area contributed by atoms with Gasteiger partial charge in [-0.2, -0.15) is 0 Å². The summed E-state index contributed by atoms with van der Waals surface area (Å²) in [5.41, 5.74) is 13.9. The highest BCUT2D eigenvalue weighted by atomic mass is 15.0. The van der Waals surface area contributed by atoms with E-state index in [0.717, 1.165) is 50.3 Å². The van der Waals surface area contributed by atoms with Crippen molar-refractivity contribution in [2.45, 2.75) is 19.3 Å². The van der Waals surface area contributed by atoms with Crippen LogP contribution in [0.2, 0.25) is 0 Å². The molecule has 1 aliphatic rings. The van der Waals surface area contributed by atoms with Crippen LogP contribution in [0.25, 0.3) is 56.4 Å². The summed E-state index contributed by atoms with van der Waals surface area (Å²) in [4.78, 5) is 14.9. The van der Waals surface area contributed by atoms with Gasteiger partial charge in [0, 0.05) is 44.6 Å². The van der Waals surface area contributed by atoms with Gasteiger partial charge in [-0.15, -0.1) is 0 Å². The monoisotopic (exact) mass is 695 g/mol. The SMILES string of the molecule is CC1(C)c2cc(-c3cccc(C(=N)c4ccccc4Nc4ccccc4)c3)ccc2-c2ccc(-c3nc(-c4ccccc4)nc(-c4ccccc4)n3)cc21. The predicted octanol–water partition coefficient (Wildman–Crippen LogP) is 12.0. The molecule has 0 fully saturated rings. The van der Waals surface area contributed by atoms with Crippen molar-refractivity contribution in [3.63, 3.8) is 0 Å². The third kappa shape index (κ3) is 6.06. The quantitative estimate of drug-likeness (QED) is 0.155. The molecule has 5 heteroatoms. The van der Waals surface area contributed by atoms with Crippen molar-refractivity contribution in [2.75, 3.05) is 5.32 Å². The number of anilines is 2. The molecule has 5 nitrogen and oxygen atoms in total. The molecule has 0 saturated carbocycles. The van der Waals surface area contributed by atoms with Crippen molar-refractivity contribution in [1.82, 2.24) is 15.0 Å². The standard InChI is InChI=1S/C49H37N5/c1-49(2)42-30-35(34-19-14-20-36(29-34)45(50)41-23-12-13-24-44(41)51-38-21-10-5-11-22-38)25-27-39(42)40-28-26-37(31-43(40)49)48-53-46(32-15-6-3-7-16-32)52-47(54-48)33-17-8-4-9-18-33/h3-31,50-51H,1-2H3. The number of nitrogens with one attached hydrogen (secondary N) is 2. The molecule has 0 radical (unpaired) electrons. The molecule has 0 spiro atoms. The van der Waals surface area contributed by atoms with E-state index in [1.54, 1.807) is 0 Å². The summed E-state index contributed by atoms with van der Waals surface area (Å²) in [6.07, 6.45) is 0. The van der Waals surface area contributed by atoms with Crippen molar-refractivity contribution in [2.24, 2.45) is 0 Å². The van der Waals surface area contributed by atoms with Crippen molar-refractivity contribution < 1.29 is 0 Å². The number of fused-ring (bicyclic) bond motifs is 3. The molecule has 0 amide bonds. The lowest BCUT2D eigenvalue weighted by Crippen LogP contribution is -2.15. The largest absolute Gasteiger partial charge is 0.355 e. The fraction of sp³-hybridized carbons (Fsp3) is 0.0612. The molecule has 0 bridgehead atoms. The van der Waals surface area contributed by atoms with Crippen LogP contribution in [0.4, 0.5) is 11.4 Å². The smallest absolute Gasteiger partial charge is 0.164 e. The van der Waals surface area contributed by atoms with E-state index >= 15 is 0 Å². The number of aromatic nitrogens is 3. The Morgan fingerprint density at radius 1 is 0.463 bits per heavy atom. The summed E-state index contributed by atoms with van der Waals surface area (Å²) in [7, 11) is 0. The zero-order valence-corrected chi connectivity index (χ0v) is 30.1. The van der Waals surface area contributed by atoms with Gasteiger partial charge in [0.2, 0.25) is 0 Å². The molecule has 54 heavy (non-hydrogen) atoms. The van der Waals surface area contributed by atoms with Crippen molar-refractivity contribution in [3.05, 3.63) is 198 Å². The number of hydrogen-bond donors (Lipinski definition) is 2. The van der Waals surface area contributed by atoms with E-state index in [2.05, 4.69) is 67.7 Å². The lowest BCUT2D eigenvalue weighted by Gasteiger charge is -2.22. The topological polar surface area (TPSA) is 74.6 Å². The van der Waals surface area contributed by atoms with E-state index in [4.69, 9.17) is 15.0 Å². The highest BCUT2D eigenvalue weighted by Gasteiger charge is 2.36. The van der Waals surface area contributed by atoms with Gasteiger partial charge in [-0.3, -0.25) is 5.41 Å².